The smallest absolute Gasteiger partial charge is 0.0689 e. The van der Waals surface area contributed by atoms with E-state index in [9.17, 15) is 5.26 Å². The zero-order valence-corrected chi connectivity index (χ0v) is 16.5. The maximum Gasteiger partial charge on any atom is 0.0689 e. The van der Waals surface area contributed by atoms with E-state index in [0.717, 1.165) is 12.3 Å². The molecule has 0 atom stereocenters. The van der Waals surface area contributed by atoms with Gasteiger partial charge in [0.05, 0.1) is 11.5 Å². The molecule has 2 aliphatic carbocycles. The molecule has 0 aromatic heterocycles. The lowest BCUT2D eigenvalue weighted by Gasteiger charge is -2.49. The lowest BCUT2D eigenvalue weighted by molar-refractivity contribution is 0.0176. The van der Waals surface area contributed by atoms with Crippen LogP contribution in [0.25, 0.3) is 0 Å². The van der Waals surface area contributed by atoms with Gasteiger partial charge in [-0.05, 0) is 62.7 Å². The van der Waals surface area contributed by atoms with Crippen LogP contribution in [0.3, 0.4) is 0 Å². The summed E-state index contributed by atoms with van der Waals surface area (Å²) in [6.45, 7) is 4.59. The Balaban J connectivity index is 2.00. The van der Waals surface area contributed by atoms with E-state index in [1.807, 2.05) is 0 Å². The third-order valence-corrected chi connectivity index (χ3v) is 7.45. The summed E-state index contributed by atoms with van der Waals surface area (Å²) < 4.78 is 0. The lowest BCUT2D eigenvalue weighted by Crippen LogP contribution is -2.39. The summed E-state index contributed by atoms with van der Waals surface area (Å²) in [6.07, 6.45) is 23.0. The highest BCUT2D eigenvalue weighted by atomic mass is 14.5. The molecule has 24 heavy (non-hydrogen) atoms. The monoisotopic (exact) mass is 331 g/mol. The van der Waals surface area contributed by atoms with Gasteiger partial charge in [0, 0.05) is 0 Å². The highest BCUT2D eigenvalue weighted by Crippen LogP contribution is 2.56. The topological polar surface area (TPSA) is 23.8 Å². The van der Waals surface area contributed by atoms with Crippen molar-refractivity contribution < 1.29 is 0 Å². The Morgan fingerprint density at radius 1 is 0.792 bits per heavy atom. The van der Waals surface area contributed by atoms with E-state index in [0.29, 0.717) is 5.41 Å². The summed E-state index contributed by atoms with van der Waals surface area (Å²) >= 11 is 0. The summed E-state index contributed by atoms with van der Waals surface area (Å²) in [5, 5.41) is 9.89. The molecule has 2 rings (SSSR count). The van der Waals surface area contributed by atoms with Gasteiger partial charge in [-0.3, -0.25) is 0 Å². The highest BCUT2D eigenvalue weighted by Gasteiger charge is 2.46. The maximum atomic E-state index is 9.89. The third-order valence-electron chi connectivity index (χ3n) is 7.45. The van der Waals surface area contributed by atoms with Crippen molar-refractivity contribution in [2.75, 3.05) is 0 Å². The fourth-order valence-electron chi connectivity index (χ4n) is 5.66. The summed E-state index contributed by atoms with van der Waals surface area (Å²) in [6, 6.07) is 2.78. The zero-order valence-electron chi connectivity index (χ0n) is 16.5. The number of hydrogen-bond acceptors (Lipinski definition) is 1. The quantitative estimate of drug-likeness (QED) is 0.395. The largest absolute Gasteiger partial charge is 0.198 e. The van der Waals surface area contributed by atoms with Crippen LogP contribution in [-0.2, 0) is 0 Å². The standard InChI is InChI=1S/C23H41N/c1-3-5-10-14-22(20-24)16-18-23(19-17-22,15-11-6-4-2)21-12-8-7-9-13-21/h21H,3-19H2,1-2H3. The first kappa shape index (κ1) is 19.8. The molecule has 0 heterocycles. The van der Waals surface area contributed by atoms with Crippen molar-refractivity contribution in [3.63, 3.8) is 0 Å². The van der Waals surface area contributed by atoms with Gasteiger partial charge >= 0.3 is 0 Å². The van der Waals surface area contributed by atoms with Crippen molar-refractivity contribution in [1.82, 2.24) is 0 Å². The molecular formula is C23H41N. The Labute approximate surface area is 151 Å². The molecule has 0 unspecified atom stereocenters. The van der Waals surface area contributed by atoms with Gasteiger partial charge in [0.25, 0.3) is 0 Å². The van der Waals surface area contributed by atoms with Crippen LogP contribution in [0.5, 0.6) is 0 Å². The first-order valence-electron chi connectivity index (χ1n) is 11.1. The summed E-state index contributed by atoms with van der Waals surface area (Å²) in [4.78, 5) is 0. The van der Waals surface area contributed by atoms with Crippen molar-refractivity contribution in [2.24, 2.45) is 16.7 Å². The SMILES string of the molecule is CCCCCC1(C#N)CCC(CCCCC)(C2CCCCC2)CC1. The van der Waals surface area contributed by atoms with Crippen LogP contribution < -0.4 is 0 Å². The van der Waals surface area contributed by atoms with Crippen molar-refractivity contribution in [2.45, 2.75) is 123 Å². The molecule has 0 aliphatic heterocycles. The van der Waals surface area contributed by atoms with Gasteiger partial charge in [0.1, 0.15) is 0 Å². The van der Waals surface area contributed by atoms with Gasteiger partial charge in [-0.1, -0.05) is 71.6 Å². The van der Waals surface area contributed by atoms with Crippen molar-refractivity contribution in [3.05, 3.63) is 0 Å². The van der Waals surface area contributed by atoms with E-state index in [1.54, 1.807) is 0 Å². The van der Waals surface area contributed by atoms with Crippen molar-refractivity contribution in [3.8, 4) is 6.07 Å². The second-order valence-corrected chi connectivity index (χ2v) is 9.00. The fraction of sp³-hybridized carbons (Fsp3) is 0.957. The molecule has 0 saturated heterocycles. The predicted octanol–water partition coefficient (Wildman–Crippen LogP) is 7.80. The molecule has 0 bridgehead atoms. The van der Waals surface area contributed by atoms with Crippen molar-refractivity contribution >= 4 is 0 Å². The van der Waals surface area contributed by atoms with Crippen LogP contribution in [0.4, 0.5) is 0 Å². The average molecular weight is 332 g/mol. The number of hydrogen-bond donors (Lipinski definition) is 0. The number of unbranched alkanes of at least 4 members (excludes halogenated alkanes) is 4. The average Bonchev–Trinajstić information content (AvgIpc) is 2.64. The van der Waals surface area contributed by atoms with Gasteiger partial charge in [0.15, 0.2) is 0 Å². The van der Waals surface area contributed by atoms with Gasteiger partial charge in [-0.25, -0.2) is 0 Å². The minimum Gasteiger partial charge on any atom is -0.198 e. The Kier molecular flexibility index (Phi) is 8.12. The molecular weight excluding hydrogens is 290 g/mol. The Hall–Kier alpha value is -0.510. The van der Waals surface area contributed by atoms with Gasteiger partial charge in [-0.15, -0.1) is 0 Å². The second-order valence-electron chi connectivity index (χ2n) is 9.00. The van der Waals surface area contributed by atoms with E-state index < -0.39 is 0 Å². The van der Waals surface area contributed by atoms with E-state index in [2.05, 4.69) is 19.9 Å². The fourth-order valence-corrected chi connectivity index (χ4v) is 5.66. The van der Waals surface area contributed by atoms with Crippen LogP contribution in [0, 0.1) is 28.1 Å². The molecule has 2 fully saturated rings. The minimum absolute atomic E-state index is 0.0259. The first-order valence-corrected chi connectivity index (χ1v) is 11.1. The molecule has 0 aromatic carbocycles. The molecule has 0 radical (unpaired) electrons. The Morgan fingerprint density at radius 2 is 1.38 bits per heavy atom. The van der Waals surface area contributed by atoms with Crippen LogP contribution in [0.15, 0.2) is 0 Å². The van der Waals surface area contributed by atoms with E-state index in [1.165, 1.54) is 103 Å². The Morgan fingerprint density at radius 3 is 1.92 bits per heavy atom. The Bertz CT molecular complexity index is 377. The van der Waals surface area contributed by atoms with Gasteiger partial charge in [-0.2, -0.15) is 5.26 Å². The summed E-state index contributed by atoms with van der Waals surface area (Å²) in [7, 11) is 0. The molecule has 0 aromatic rings. The van der Waals surface area contributed by atoms with Crippen LogP contribution in [0.1, 0.15) is 123 Å². The second kappa shape index (κ2) is 9.84. The van der Waals surface area contributed by atoms with Crippen LogP contribution >= 0.6 is 0 Å². The van der Waals surface area contributed by atoms with Crippen LogP contribution in [0.2, 0.25) is 0 Å². The first-order chi connectivity index (χ1) is 11.7. The third kappa shape index (κ3) is 5.00. The number of nitrogens with zero attached hydrogens (tertiary/aromatic N) is 1. The van der Waals surface area contributed by atoms with E-state index in [-0.39, 0.29) is 5.41 Å². The maximum absolute atomic E-state index is 9.89. The molecule has 2 aliphatic rings. The minimum atomic E-state index is 0.0259. The number of rotatable bonds is 9. The zero-order chi connectivity index (χ0) is 17.3. The predicted molar refractivity (Wildman–Crippen MR) is 104 cm³/mol. The summed E-state index contributed by atoms with van der Waals surface area (Å²) in [5.74, 6) is 0.968. The number of nitriles is 1. The lowest BCUT2D eigenvalue weighted by atomic mass is 9.54. The highest BCUT2D eigenvalue weighted by molar-refractivity contribution is 5.05. The van der Waals surface area contributed by atoms with Gasteiger partial charge < -0.3 is 0 Å². The molecule has 0 N–H and O–H groups in total. The normalized spacial score (nSPS) is 31.7. The van der Waals surface area contributed by atoms with Crippen molar-refractivity contribution in [1.29, 1.82) is 5.26 Å². The molecule has 0 spiro atoms. The molecule has 2 saturated carbocycles. The van der Waals surface area contributed by atoms with E-state index >= 15 is 0 Å². The summed E-state index contributed by atoms with van der Waals surface area (Å²) in [5.41, 5.74) is 0.624. The molecule has 1 nitrogen and oxygen atoms in total. The molecule has 1 heteroatoms. The van der Waals surface area contributed by atoms with Gasteiger partial charge in [0.2, 0.25) is 0 Å². The molecule has 138 valence electrons. The molecule has 0 amide bonds. The van der Waals surface area contributed by atoms with E-state index in [4.69, 9.17) is 0 Å². The van der Waals surface area contributed by atoms with Crippen LogP contribution in [-0.4, -0.2) is 0 Å².